The van der Waals surface area contributed by atoms with Crippen LogP contribution in [0.5, 0.6) is 0 Å². The summed E-state index contributed by atoms with van der Waals surface area (Å²) in [7, 11) is 0. The van der Waals surface area contributed by atoms with E-state index in [1.807, 2.05) is 0 Å². The molecule has 94 valence electrons. The van der Waals surface area contributed by atoms with Crippen LogP contribution in [0.1, 0.15) is 45.4 Å². The van der Waals surface area contributed by atoms with Crippen molar-refractivity contribution < 1.29 is 4.39 Å². The lowest BCUT2D eigenvalue weighted by molar-refractivity contribution is 0.0802. The van der Waals surface area contributed by atoms with E-state index in [9.17, 15) is 4.39 Å². The number of hydrogen-bond donors (Lipinski definition) is 1. The maximum absolute atomic E-state index is 13.0. The van der Waals surface area contributed by atoms with Crippen molar-refractivity contribution in [1.82, 2.24) is 4.90 Å². The van der Waals surface area contributed by atoms with E-state index in [4.69, 9.17) is 5.73 Å². The number of likely N-dealkylation sites (tertiary alicyclic amines) is 1. The smallest absolute Gasteiger partial charge is 0.100 e. The van der Waals surface area contributed by atoms with E-state index in [2.05, 4.69) is 11.8 Å². The summed E-state index contributed by atoms with van der Waals surface area (Å²) < 4.78 is 13.0. The molecule has 0 aromatic rings. The van der Waals surface area contributed by atoms with Gasteiger partial charge >= 0.3 is 0 Å². The summed E-state index contributed by atoms with van der Waals surface area (Å²) in [5, 5.41) is 0. The van der Waals surface area contributed by atoms with Gasteiger partial charge in [-0.05, 0) is 50.4 Å². The lowest BCUT2D eigenvalue weighted by atomic mass is 9.86. The highest BCUT2D eigenvalue weighted by Crippen LogP contribution is 2.29. The summed E-state index contributed by atoms with van der Waals surface area (Å²) >= 11 is 0. The molecule has 2 N–H and O–H groups in total. The molecule has 1 aliphatic carbocycles. The average Bonchev–Trinajstić information content (AvgIpc) is 2.27. The summed E-state index contributed by atoms with van der Waals surface area (Å²) in [5.74, 6) is 1.46. The molecular formula is C13H25FN2. The quantitative estimate of drug-likeness (QED) is 0.787. The maximum atomic E-state index is 13.0. The van der Waals surface area contributed by atoms with Gasteiger partial charge < -0.3 is 5.73 Å². The molecule has 2 atom stereocenters. The summed E-state index contributed by atoms with van der Waals surface area (Å²) in [5.41, 5.74) is 6.14. The number of nitrogens with zero attached hydrogens (tertiary/aromatic N) is 1. The number of alkyl halides is 1. The van der Waals surface area contributed by atoms with Crippen LogP contribution >= 0.6 is 0 Å². The highest BCUT2D eigenvalue weighted by molar-refractivity contribution is 4.80. The van der Waals surface area contributed by atoms with E-state index < -0.39 is 6.17 Å². The number of hydrogen-bond acceptors (Lipinski definition) is 2. The Kier molecular flexibility index (Phi) is 4.20. The van der Waals surface area contributed by atoms with Gasteiger partial charge in [0, 0.05) is 13.1 Å². The van der Waals surface area contributed by atoms with Gasteiger partial charge in [0.1, 0.15) is 6.17 Å². The van der Waals surface area contributed by atoms with E-state index in [1.54, 1.807) is 0 Å². The second kappa shape index (κ2) is 5.46. The van der Waals surface area contributed by atoms with Crippen LogP contribution in [-0.4, -0.2) is 30.3 Å². The van der Waals surface area contributed by atoms with Crippen molar-refractivity contribution in [2.45, 2.75) is 57.8 Å². The molecule has 1 heterocycles. The summed E-state index contributed by atoms with van der Waals surface area (Å²) in [6, 6.07) is 0. The molecule has 2 unspecified atom stereocenters. The molecule has 1 aliphatic heterocycles. The average molecular weight is 228 g/mol. The minimum absolute atomic E-state index is 0.249. The van der Waals surface area contributed by atoms with E-state index in [1.165, 1.54) is 6.42 Å². The Bertz CT molecular complexity index is 214. The van der Waals surface area contributed by atoms with Crippen LogP contribution in [0.3, 0.4) is 0 Å². The van der Waals surface area contributed by atoms with E-state index in [-0.39, 0.29) is 6.17 Å². The van der Waals surface area contributed by atoms with E-state index in [0.29, 0.717) is 5.92 Å². The minimum Gasteiger partial charge on any atom is -0.316 e. The minimum atomic E-state index is -0.537. The molecule has 16 heavy (non-hydrogen) atoms. The predicted molar refractivity (Wildman–Crippen MR) is 64.8 cm³/mol. The summed E-state index contributed by atoms with van der Waals surface area (Å²) in [6.07, 6.45) is 5.74. The Morgan fingerprint density at radius 3 is 2.50 bits per heavy atom. The first kappa shape index (κ1) is 12.3. The van der Waals surface area contributed by atoms with Crippen LogP contribution in [0, 0.1) is 11.8 Å². The van der Waals surface area contributed by atoms with E-state index in [0.717, 1.165) is 51.1 Å². The molecule has 0 spiro atoms. The highest BCUT2D eigenvalue weighted by atomic mass is 19.1. The zero-order valence-corrected chi connectivity index (χ0v) is 10.4. The van der Waals surface area contributed by atoms with Crippen LogP contribution < -0.4 is 5.73 Å². The molecule has 1 saturated heterocycles. The molecule has 3 heteroatoms. The van der Waals surface area contributed by atoms with Gasteiger partial charge in [0.15, 0.2) is 0 Å². The molecule has 2 nitrogen and oxygen atoms in total. The fourth-order valence-corrected chi connectivity index (χ4v) is 3.11. The third-order valence-corrected chi connectivity index (χ3v) is 4.24. The summed E-state index contributed by atoms with van der Waals surface area (Å²) in [6.45, 7) is 4.53. The SMILES string of the molecule is CC1CCC(N)N(CC2CCC(F)CC2)C1. The van der Waals surface area contributed by atoms with Crippen molar-refractivity contribution in [3.8, 4) is 0 Å². The highest BCUT2D eigenvalue weighted by Gasteiger charge is 2.27. The van der Waals surface area contributed by atoms with Crippen molar-refractivity contribution >= 4 is 0 Å². The van der Waals surface area contributed by atoms with Gasteiger partial charge in [-0.3, -0.25) is 4.90 Å². The summed E-state index contributed by atoms with van der Waals surface area (Å²) in [4.78, 5) is 2.43. The first-order valence-electron chi connectivity index (χ1n) is 6.79. The number of halogens is 1. The van der Waals surface area contributed by atoms with Crippen molar-refractivity contribution in [3.05, 3.63) is 0 Å². The van der Waals surface area contributed by atoms with Gasteiger partial charge in [-0.25, -0.2) is 4.39 Å². The topological polar surface area (TPSA) is 29.3 Å². The molecule has 2 rings (SSSR count). The Morgan fingerprint density at radius 2 is 1.81 bits per heavy atom. The zero-order valence-electron chi connectivity index (χ0n) is 10.4. The second-order valence-corrected chi connectivity index (χ2v) is 5.82. The fourth-order valence-electron chi connectivity index (χ4n) is 3.11. The molecule has 1 saturated carbocycles. The third kappa shape index (κ3) is 3.17. The van der Waals surface area contributed by atoms with Gasteiger partial charge in [-0.2, -0.15) is 0 Å². The monoisotopic (exact) mass is 228 g/mol. The number of nitrogens with two attached hydrogens (primary N) is 1. The fraction of sp³-hybridized carbons (Fsp3) is 1.00. The number of rotatable bonds is 2. The largest absolute Gasteiger partial charge is 0.316 e. The van der Waals surface area contributed by atoms with Crippen molar-refractivity contribution in [2.24, 2.45) is 17.6 Å². The third-order valence-electron chi connectivity index (χ3n) is 4.24. The Hall–Kier alpha value is -0.150. The van der Waals surface area contributed by atoms with Crippen molar-refractivity contribution in [2.75, 3.05) is 13.1 Å². The standard InChI is InChI=1S/C13H25FN2/c1-10-2-7-13(15)16(8-10)9-11-3-5-12(14)6-4-11/h10-13H,2-9,15H2,1H3. The second-order valence-electron chi connectivity index (χ2n) is 5.82. The van der Waals surface area contributed by atoms with Crippen LogP contribution in [-0.2, 0) is 0 Å². The van der Waals surface area contributed by atoms with E-state index >= 15 is 0 Å². The molecule has 0 amide bonds. The first-order chi connectivity index (χ1) is 7.65. The van der Waals surface area contributed by atoms with Gasteiger partial charge in [0.05, 0.1) is 6.17 Å². The Morgan fingerprint density at radius 1 is 1.12 bits per heavy atom. The van der Waals surface area contributed by atoms with Crippen molar-refractivity contribution in [1.29, 1.82) is 0 Å². The number of piperidine rings is 1. The molecule has 0 bridgehead atoms. The Balaban J connectivity index is 1.79. The first-order valence-corrected chi connectivity index (χ1v) is 6.79. The maximum Gasteiger partial charge on any atom is 0.100 e. The van der Waals surface area contributed by atoms with Gasteiger partial charge in [-0.1, -0.05) is 6.92 Å². The molecule has 0 aromatic carbocycles. The lowest BCUT2D eigenvalue weighted by Gasteiger charge is -2.39. The van der Waals surface area contributed by atoms with Crippen molar-refractivity contribution in [3.63, 3.8) is 0 Å². The van der Waals surface area contributed by atoms with Gasteiger partial charge in [0.25, 0.3) is 0 Å². The molecule has 2 aliphatic rings. The van der Waals surface area contributed by atoms with Crippen LogP contribution in [0.15, 0.2) is 0 Å². The Labute approximate surface area is 98.4 Å². The predicted octanol–water partition coefficient (Wildman–Crippen LogP) is 2.53. The van der Waals surface area contributed by atoms with Gasteiger partial charge in [0.2, 0.25) is 0 Å². The van der Waals surface area contributed by atoms with Crippen LogP contribution in [0.4, 0.5) is 4.39 Å². The molecule has 2 fully saturated rings. The lowest BCUT2D eigenvalue weighted by Crippen LogP contribution is -2.50. The zero-order chi connectivity index (χ0) is 11.5. The molecule has 0 radical (unpaired) electrons. The van der Waals surface area contributed by atoms with Crippen LogP contribution in [0.2, 0.25) is 0 Å². The van der Waals surface area contributed by atoms with Crippen LogP contribution in [0.25, 0.3) is 0 Å². The molecule has 0 aromatic heterocycles. The van der Waals surface area contributed by atoms with Gasteiger partial charge in [-0.15, -0.1) is 0 Å². The normalized spacial score (nSPS) is 42.2. The molecular weight excluding hydrogens is 203 g/mol.